The van der Waals surface area contributed by atoms with Crippen LogP contribution in [0.15, 0.2) is 231 Å². The van der Waals surface area contributed by atoms with Crippen LogP contribution in [-0.4, -0.2) is 9.13 Å². The summed E-state index contributed by atoms with van der Waals surface area (Å²) in [5, 5.41) is 3.69. The third-order valence-corrected chi connectivity index (χ3v) is 12.6. The summed E-state index contributed by atoms with van der Waals surface area (Å²) < 4.78 is 4.78. The van der Waals surface area contributed by atoms with Crippen LogP contribution >= 0.6 is 0 Å². The van der Waals surface area contributed by atoms with Gasteiger partial charge in [0.2, 0.25) is 0 Å². The van der Waals surface area contributed by atoms with Crippen molar-refractivity contribution in [1.82, 2.24) is 9.13 Å². The van der Waals surface area contributed by atoms with E-state index in [1.807, 2.05) is 0 Å². The van der Waals surface area contributed by atoms with Crippen molar-refractivity contribution in [2.75, 3.05) is 0 Å². The first-order valence-corrected chi connectivity index (χ1v) is 20.4. The number of nitrogens with zero attached hydrogens (tertiary/aromatic N) is 2. The van der Waals surface area contributed by atoms with Crippen molar-refractivity contribution < 1.29 is 0 Å². The first-order valence-electron chi connectivity index (χ1n) is 20.4. The maximum absolute atomic E-state index is 2.46. The molecule has 1 aliphatic carbocycles. The van der Waals surface area contributed by atoms with Crippen LogP contribution in [-0.2, 0) is 5.41 Å². The Labute approximate surface area is 343 Å². The molecule has 0 saturated heterocycles. The highest BCUT2D eigenvalue weighted by atomic mass is 15.0. The van der Waals surface area contributed by atoms with E-state index in [0.717, 1.165) is 11.4 Å². The van der Waals surface area contributed by atoms with Gasteiger partial charge in [-0.2, -0.15) is 0 Å². The van der Waals surface area contributed by atoms with Gasteiger partial charge in [-0.3, -0.25) is 0 Å². The van der Waals surface area contributed by atoms with Crippen LogP contribution in [0, 0.1) is 0 Å². The average molecular weight is 751 g/mol. The van der Waals surface area contributed by atoms with E-state index in [0.29, 0.717) is 0 Å². The van der Waals surface area contributed by atoms with E-state index in [1.165, 1.54) is 88.3 Å². The Kier molecular flexibility index (Phi) is 7.48. The van der Waals surface area contributed by atoms with Gasteiger partial charge in [0.05, 0.1) is 22.0 Å². The van der Waals surface area contributed by atoms with Crippen LogP contribution < -0.4 is 0 Å². The molecular formula is C57H38N2. The molecule has 0 spiro atoms. The molecule has 276 valence electrons. The largest absolute Gasteiger partial charge is 0.315 e. The summed E-state index contributed by atoms with van der Waals surface area (Å²) in [5.74, 6) is 0. The van der Waals surface area contributed by atoms with Gasteiger partial charge in [0.25, 0.3) is 0 Å². The number of rotatable bonds is 6. The van der Waals surface area contributed by atoms with Gasteiger partial charge in [0.1, 0.15) is 0 Å². The molecule has 0 aliphatic heterocycles. The van der Waals surface area contributed by atoms with E-state index in [2.05, 4.69) is 240 Å². The standard InChI is InChI=1S/C57H38N2/c1-5-18-44(19-6-1)57(45-20-7-2-8-21-45)52-27-14-13-26-48(52)49-31-29-43(38-53(49)57)41-17-15-16-40(36-41)42-30-33-54-51(37-42)50-32-28-39-34-35-58(46-22-9-3-10-23-46)55(39)56(50)59(54)47-24-11-4-12-25-47/h1-38H. The minimum absolute atomic E-state index is 0.439. The van der Waals surface area contributed by atoms with E-state index in [-0.39, 0.29) is 0 Å². The molecule has 11 aromatic rings. The maximum atomic E-state index is 2.46. The van der Waals surface area contributed by atoms with Crippen molar-refractivity contribution in [3.05, 3.63) is 253 Å². The SMILES string of the molecule is c1ccc(-n2ccc3ccc4c5cc(-c6cccc(-c7ccc8c(c7)C(c7ccccc7)(c7ccccc7)c7ccccc7-8)c6)ccc5n(-c5ccccc5)c4c32)cc1. The van der Waals surface area contributed by atoms with Crippen molar-refractivity contribution in [2.24, 2.45) is 0 Å². The zero-order chi connectivity index (χ0) is 38.9. The highest BCUT2D eigenvalue weighted by Gasteiger charge is 2.46. The minimum Gasteiger partial charge on any atom is -0.315 e. The summed E-state index contributed by atoms with van der Waals surface area (Å²) in [4.78, 5) is 0. The van der Waals surface area contributed by atoms with E-state index < -0.39 is 5.41 Å². The molecule has 0 amide bonds. The fraction of sp³-hybridized carbons (Fsp3) is 0.0175. The Morgan fingerprint density at radius 1 is 0.339 bits per heavy atom. The second-order valence-electron chi connectivity index (χ2n) is 15.7. The molecule has 0 saturated carbocycles. The van der Waals surface area contributed by atoms with Gasteiger partial charge in [-0.05, 0) is 110 Å². The molecule has 0 unspecified atom stereocenters. The van der Waals surface area contributed by atoms with Gasteiger partial charge in [-0.1, -0.05) is 170 Å². The van der Waals surface area contributed by atoms with E-state index in [9.17, 15) is 0 Å². The molecule has 2 nitrogen and oxygen atoms in total. The first kappa shape index (κ1) is 33.5. The molecule has 59 heavy (non-hydrogen) atoms. The van der Waals surface area contributed by atoms with Crippen LogP contribution in [0.5, 0.6) is 0 Å². The predicted octanol–water partition coefficient (Wildman–Crippen LogP) is 14.4. The lowest BCUT2D eigenvalue weighted by molar-refractivity contribution is 0.769. The summed E-state index contributed by atoms with van der Waals surface area (Å²) in [6, 6.07) is 82.5. The topological polar surface area (TPSA) is 9.86 Å². The third-order valence-electron chi connectivity index (χ3n) is 12.6. The number of para-hydroxylation sites is 2. The Morgan fingerprint density at radius 2 is 0.915 bits per heavy atom. The number of fused-ring (bicyclic) bond motifs is 8. The van der Waals surface area contributed by atoms with Gasteiger partial charge < -0.3 is 9.13 Å². The molecule has 1 aliphatic rings. The molecule has 2 heterocycles. The predicted molar refractivity (Wildman–Crippen MR) is 246 cm³/mol. The molecular weight excluding hydrogens is 713 g/mol. The molecule has 9 aromatic carbocycles. The fourth-order valence-electron chi connectivity index (χ4n) is 10.1. The van der Waals surface area contributed by atoms with Crippen LogP contribution in [0.3, 0.4) is 0 Å². The second-order valence-corrected chi connectivity index (χ2v) is 15.7. The van der Waals surface area contributed by atoms with Gasteiger partial charge in [0, 0.05) is 33.7 Å². The summed E-state index contributed by atoms with van der Waals surface area (Å²) in [5.41, 5.74) is 18.1. The molecule has 0 bridgehead atoms. The highest BCUT2D eigenvalue weighted by Crippen LogP contribution is 2.56. The first-order chi connectivity index (χ1) is 29.3. The lowest BCUT2D eigenvalue weighted by Crippen LogP contribution is -2.28. The van der Waals surface area contributed by atoms with Gasteiger partial charge >= 0.3 is 0 Å². The Bertz CT molecular complexity index is 3320. The molecule has 2 heteroatoms. The lowest BCUT2D eigenvalue weighted by Gasteiger charge is -2.34. The Balaban J connectivity index is 1.04. The number of hydrogen-bond donors (Lipinski definition) is 0. The summed E-state index contributed by atoms with van der Waals surface area (Å²) in [7, 11) is 0. The van der Waals surface area contributed by atoms with Crippen LogP contribution in [0.4, 0.5) is 0 Å². The molecule has 0 fully saturated rings. The monoisotopic (exact) mass is 750 g/mol. The van der Waals surface area contributed by atoms with Crippen LogP contribution in [0.1, 0.15) is 22.3 Å². The van der Waals surface area contributed by atoms with Gasteiger partial charge in [-0.25, -0.2) is 0 Å². The van der Waals surface area contributed by atoms with Gasteiger partial charge in [-0.15, -0.1) is 0 Å². The smallest absolute Gasteiger partial charge is 0.0788 e. The summed E-state index contributed by atoms with van der Waals surface area (Å²) >= 11 is 0. The lowest BCUT2D eigenvalue weighted by atomic mass is 9.67. The zero-order valence-electron chi connectivity index (χ0n) is 32.3. The number of aromatic nitrogens is 2. The van der Waals surface area contributed by atoms with Crippen molar-refractivity contribution in [2.45, 2.75) is 5.41 Å². The normalized spacial score (nSPS) is 12.9. The minimum atomic E-state index is -0.439. The second kappa shape index (κ2) is 13.2. The molecule has 0 atom stereocenters. The number of benzene rings is 9. The summed E-state index contributed by atoms with van der Waals surface area (Å²) in [6.07, 6.45) is 2.20. The van der Waals surface area contributed by atoms with Crippen molar-refractivity contribution in [3.8, 4) is 44.8 Å². The van der Waals surface area contributed by atoms with E-state index in [1.54, 1.807) is 0 Å². The number of hydrogen-bond acceptors (Lipinski definition) is 0. The van der Waals surface area contributed by atoms with Crippen LogP contribution in [0.2, 0.25) is 0 Å². The van der Waals surface area contributed by atoms with E-state index in [4.69, 9.17) is 0 Å². The van der Waals surface area contributed by atoms with Crippen molar-refractivity contribution in [3.63, 3.8) is 0 Å². The third kappa shape index (κ3) is 5.00. The van der Waals surface area contributed by atoms with E-state index >= 15 is 0 Å². The van der Waals surface area contributed by atoms with Gasteiger partial charge in [0.15, 0.2) is 0 Å². The summed E-state index contributed by atoms with van der Waals surface area (Å²) in [6.45, 7) is 0. The average Bonchev–Trinajstić information content (AvgIpc) is 3.99. The molecule has 12 rings (SSSR count). The maximum Gasteiger partial charge on any atom is 0.0788 e. The Hall–Kier alpha value is -7.68. The van der Waals surface area contributed by atoms with Crippen molar-refractivity contribution >= 4 is 32.7 Å². The highest BCUT2D eigenvalue weighted by molar-refractivity contribution is 6.18. The quantitative estimate of drug-likeness (QED) is 0.160. The molecule has 0 radical (unpaired) electrons. The fourth-order valence-corrected chi connectivity index (χ4v) is 10.1. The van der Waals surface area contributed by atoms with Crippen LogP contribution in [0.25, 0.3) is 77.5 Å². The van der Waals surface area contributed by atoms with Crippen molar-refractivity contribution in [1.29, 1.82) is 0 Å². The Morgan fingerprint density at radius 3 is 1.63 bits per heavy atom. The molecule has 0 N–H and O–H groups in total. The zero-order valence-corrected chi connectivity index (χ0v) is 32.3. The molecule has 2 aromatic heterocycles.